The second kappa shape index (κ2) is 3.86. The molecule has 0 atom stereocenters. The van der Waals surface area contributed by atoms with E-state index in [4.69, 9.17) is 10.8 Å². The zero-order valence-electron chi connectivity index (χ0n) is 7.93. The smallest absolute Gasteiger partial charge is 0.303 e. The number of fused-ring (bicyclic) bond motifs is 1. The lowest BCUT2D eigenvalue weighted by Gasteiger charge is -1.95. The van der Waals surface area contributed by atoms with Crippen molar-refractivity contribution in [3.63, 3.8) is 0 Å². The van der Waals surface area contributed by atoms with Gasteiger partial charge in [-0.3, -0.25) is 4.79 Å². The Morgan fingerprint density at radius 3 is 3.07 bits per heavy atom. The zero-order chi connectivity index (χ0) is 10.8. The number of aryl methyl sites for hydroxylation is 1. The van der Waals surface area contributed by atoms with E-state index in [1.165, 1.54) is 11.3 Å². The number of aromatic nitrogens is 1. The second-order valence-corrected chi connectivity index (χ2v) is 4.27. The first kappa shape index (κ1) is 9.92. The predicted octanol–water partition coefficient (Wildman–Crippen LogP) is 1.90. The lowest BCUT2D eigenvalue weighted by molar-refractivity contribution is -0.136. The number of carbonyl (C=O) groups is 1. The number of rotatable bonds is 3. The first-order chi connectivity index (χ1) is 7.18. The Morgan fingerprint density at radius 2 is 2.40 bits per heavy atom. The average molecular weight is 222 g/mol. The first-order valence-electron chi connectivity index (χ1n) is 4.52. The fourth-order valence-corrected chi connectivity index (χ4v) is 2.46. The minimum Gasteiger partial charge on any atom is -0.481 e. The van der Waals surface area contributed by atoms with E-state index < -0.39 is 5.97 Å². The number of nitrogens with zero attached hydrogens (tertiary/aromatic N) is 1. The van der Waals surface area contributed by atoms with E-state index in [0.29, 0.717) is 12.1 Å². The third-order valence-electron chi connectivity index (χ3n) is 2.15. The van der Waals surface area contributed by atoms with Crippen LogP contribution in [0.5, 0.6) is 0 Å². The van der Waals surface area contributed by atoms with Gasteiger partial charge in [-0.15, -0.1) is 11.3 Å². The van der Waals surface area contributed by atoms with Gasteiger partial charge >= 0.3 is 5.97 Å². The summed E-state index contributed by atoms with van der Waals surface area (Å²) in [6, 6.07) is 3.73. The minimum absolute atomic E-state index is 0.108. The number of aliphatic carboxylic acids is 1. The summed E-state index contributed by atoms with van der Waals surface area (Å²) in [5.74, 6) is -0.806. The molecule has 0 aliphatic heterocycles. The topological polar surface area (TPSA) is 76.2 Å². The lowest BCUT2D eigenvalue weighted by atomic mass is 10.2. The van der Waals surface area contributed by atoms with Crippen LogP contribution in [0.4, 0.5) is 5.69 Å². The highest BCUT2D eigenvalue weighted by Crippen LogP contribution is 2.32. The van der Waals surface area contributed by atoms with E-state index in [-0.39, 0.29) is 6.42 Å². The number of carboxylic acid groups (broad SMARTS) is 1. The molecule has 15 heavy (non-hydrogen) atoms. The molecule has 5 heteroatoms. The van der Waals surface area contributed by atoms with E-state index >= 15 is 0 Å². The van der Waals surface area contributed by atoms with Crippen molar-refractivity contribution < 1.29 is 9.90 Å². The van der Waals surface area contributed by atoms with Crippen LogP contribution in [0, 0.1) is 0 Å². The average Bonchev–Trinajstić information content (AvgIpc) is 2.54. The van der Waals surface area contributed by atoms with Crippen molar-refractivity contribution in [1.82, 2.24) is 4.98 Å². The Kier molecular flexibility index (Phi) is 2.55. The number of hydrogen-bond donors (Lipinski definition) is 2. The number of carboxylic acids is 1. The fourth-order valence-electron chi connectivity index (χ4n) is 1.41. The molecule has 4 nitrogen and oxygen atoms in total. The molecule has 0 aliphatic carbocycles. The van der Waals surface area contributed by atoms with Crippen LogP contribution < -0.4 is 5.73 Å². The van der Waals surface area contributed by atoms with Gasteiger partial charge in [0.05, 0.1) is 12.1 Å². The van der Waals surface area contributed by atoms with Gasteiger partial charge in [0.25, 0.3) is 0 Å². The van der Waals surface area contributed by atoms with Crippen LogP contribution in [0.3, 0.4) is 0 Å². The molecular formula is C10H10N2O2S. The molecule has 0 aromatic carbocycles. The Hall–Kier alpha value is -1.62. The van der Waals surface area contributed by atoms with Crippen molar-refractivity contribution in [1.29, 1.82) is 0 Å². The molecule has 0 saturated heterocycles. The van der Waals surface area contributed by atoms with Gasteiger partial charge in [-0.25, -0.2) is 4.98 Å². The summed E-state index contributed by atoms with van der Waals surface area (Å²) < 4.78 is 0. The van der Waals surface area contributed by atoms with Gasteiger partial charge in [0.15, 0.2) is 0 Å². The minimum atomic E-state index is -0.806. The van der Waals surface area contributed by atoms with Gasteiger partial charge in [-0.1, -0.05) is 0 Å². The summed E-state index contributed by atoms with van der Waals surface area (Å²) in [4.78, 5) is 16.4. The standard InChI is InChI=1S/C10H10N2O2S/c11-9-6-2-1-5-12-10(6)15-7(9)3-4-8(13)14/h1-2,5H,3-4,11H2,(H,13,14). The van der Waals surface area contributed by atoms with Crippen molar-refractivity contribution in [2.45, 2.75) is 12.8 Å². The van der Waals surface area contributed by atoms with Gasteiger partial charge in [0.1, 0.15) is 4.83 Å². The largest absolute Gasteiger partial charge is 0.481 e. The summed E-state index contributed by atoms with van der Waals surface area (Å²) in [6.07, 6.45) is 2.29. The van der Waals surface area contributed by atoms with Gasteiger partial charge in [-0.05, 0) is 18.6 Å². The highest BCUT2D eigenvalue weighted by atomic mass is 32.1. The SMILES string of the molecule is Nc1c(CCC(=O)O)sc2ncccc12. The third-order valence-corrected chi connectivity index (χ3v) is 3.34. The second-order valence-electron chi connectivity index (χ2n) is 3.19. The Morgan fingerprint density at radius 1 is 1.60 bits per heavy atom. The van der Waals surface area contributed by atoms with Gasteiger partial charge < -0.3 is 10.8 Å². The summed E-state index contributed by atoms with van der Waals surface area (Å²) in [6.45, 7) is 0. The van der Waals surface area contributed by atoms with Crippen LogP contribution in [0.25, 0.3) is 10.2 Å². The van der Waals surface area contributed by atoms with E-state index in [2.05, 4.69) is 4.98 Å². The quantitative estimate of drug-likeness (QED) is 0.831. The van der Waals surface area contributed by atoms with Crippen LogP contribution in [0.2, 0.25) is 0 Å². The summed E-state index contributed by atoms with van der Waals surface area (Å²) >= 11 is 1.47. The first-order valence-corrected chi connectivity index (χ1v) is 5.34. The number of nitrogen functional groups attached to an aromatic ring is 1. The molecule has 3 N–H and O–H groups in total. The summed E-state index contributed by atoms with van der Waals surface area (Å²) in [5, 5.41) is 9.51. The molecular weight excluding hydrogens is 212 g/mol. The number of thiophene rings is 1. The van der Waals surface area contributed by atoms with E-state index in [0.717, 1.165) is 15.1 Å². The maximum Gasteiger partial charge on any atom is 0.303 e. The Labute approximate surface area is 90.4 Å². The number of pyridine rings is 1. The van der Waals surface area contributed by atoms with Crippen molar-refractivity contribution in [3.05, 3.63) is 23.2 Å². The summed E-state index contributed by atoms with van der Waals surface area (Å²) in [7, 11) is 0. The monoisotopic (exact) mass is 222 g/mol. The van der Waals surface area contributed by atoms with Crippen molar-refractivity contribution in [3.8, 4) is 0 Å². The van der Waals surface area contributed by atoms with Crippen molar-refractivity contribution >= 4 is 33.2 Å². The highest BCUT2D eigenvalue weighted by molar-refractivity contribution is 7.19. The van der Waals surface area contributed by atoms with E-state index in [9.17, 15) is 4.79 Å². The van der Waals surface area contributed by atoms with Crippen LogP contribution in [0.1, 0.15) is 11.3 Å². The molecule has 2 aromatic heterocycles. The van der Waals surface area contributed by atoms with Gasteiger partial charge in [0, 0.05) is 16.5 Å². The van der Waals surface area contributed by atoms with Gasteiger partial charge in [0.2, 0.25) is 0 Å². The molecule has 0 unspecified atom stereocenters. The number of nitrogens with two attached hydrogens (primary N) is 1. The Balaban J connectivity index is 2.36. The van der Waals surface area contributed by atoms with Crippen molar-refractivity contribution in [2.75, 3.05) is 5.73 Å². The fraction of sp³-hybridized carbons (Fsp3) is 0.200. The van der Waals surface area contributed by atoms with Crippen molar-refractivity contribution in [2.24, 2.45) is 0 Å². The molecule has 0 saturated carbocycles. The molecule has 2 rings (SSSR count). The molecule has 0 amide bonds. The molecule has 2 aromatic rings. The normalized spacial score (nSPS) is 10.7. The molecule has 0 radical (unpaired) electrons. The van der Waals surface area contributed by atoms with Gasteiger partial charge in [-0.2, -0.15) is 0 Å². The van der Waals surface area contributed by atoms with Crippen LogP contribution in [0.15, 0.2) is 18.3 Å². The zero-order valence-corrected chi connectivity index (χ0v) is 8.75. The highest BCUT2D eigenvalue weighted by Gasteiger charge is 2.10. The third kappa shape index (κ3) is 1.92. The molecule has 0 fully saturated rings. The lowest BCUT2D eigenvalue weighted by Crippen LogP contribution is -1.97. The number of hydrogen-bond acceptors (Lipinski definition) is 4. The van der Waals surface area contributed by atoms with Crippen LogP contribution in [-0.2, 0) is 11.2 Å². The maximum absolute atomic E-state index is 10.4. The van der Waals surface area contributed by atoms with E-state index in [1.54, 1.807) is 6.20 Å². The van der Waals surface area contributed by atoms with Crippen LogP contribution >= 0.6 is 11.3 Å². The maximum atomic E-state index is 10.4. The number of anilines is 1. The van der Waals surface area contributed by atoms with Crippen LogP contribution in [-0.4, -0.2) is 16.1 Å². The Bertz CT molecular complexity index is 507. The molecule has 0 aliphatic rings. The molecule has 2 heterocycles. The molecule has 78 valence electrons. The molecule has 0 bridgehead atoms. The van der Waals surface area contributed by atoms with E-state index in [1.807, 2.05) is 12.1 Å². The molecule has 0 spiro atoms. The predicted molar refractivity (Wildman–Crippen MR) is 60.0 cm³/mol. The summed E-state index contributed by atoms with van der Waals surface area (Å²) in [5.41, 5.74) is 6.57.